The maximum atomic E-state index is 11.0. The Morgan fingerprint density at radius 1 is 0.917 bits per heavy atom. The Hall–Kier alpha value is -1.05. The molecule has 1 atom stereocenters. The molecule has 0 amide bonds. The summed E-state index contributed by atoms with van der Waals surface area (Å²) in [5.41, 5.74) is 0. The average molecular weight is 337 g/mol. The number of hydrogen-bond donors (Lipinski definition) is 1. The molecule has 0 spiro atoms. The van der Waals surface area contributed by atoms with Gasteiger partial charge >= 0.3 is 5.97 Å². The molecule has 24 heavy (non-hydrogen) atoms. The highest BCUT2D eigenvalue weighted by atomic mass is 16.4. The van der Waals surface area contributed by atoms with Gasteiger partial charge in [-0.25, -0.2) is 0 Å². The topological polar surface area (TPSA) is 37.3 Å². The van der Waals surface area contributed by atoms with Gasteiger partial charge in [0, 0.05) is 6.42 Å². The number of allylic oxidation sites excluding steroid dienone is 3. The van der Waals surface area contributed by atoms with Gasteiger partial charge in [0.15, 0.2) is 0 Å². The minimum absolute atomic E-state index is 0.365. The predicted molar refractivity (Wildman–Crippen MR) is 105 cm³/mol. The van der Waals surface area contributed by atoms with E-state index in [1.165, 1.54) is 77.0 Å². The zero-order chi connectivity index (χ0) is 17.9. The molecule has 1 N–H and O–H groups in total. The molecule has 140 valence electrons. The standard InChI is InChI=1S/C22H40O2/c1-3-5-7-9-10-11-12-13-14-15-17-19-21(20-22(23)24)18-16-8-6-4-2/h3,5,7,21H,1,4,6,8-20H2,2H3,(H,23,24)/b7-5+. The summed E-state index contributed by atoms with van der Waals surface area (Å²) in [5.74, 6) is -0.225. The molecule has 0 aromatic carbocycles. The van der Waals surface area contributed by atoms with E-state index in [0.29, 0.717) is 12.3 Å². The monoisotopic (exact) mass is 336 g/mol. The summed E-state index contributed by atoms with van der Waals surface area (Å²) in [6.07, 6.45) is 23.8. The van der Waals surface area contributed by atoms with Gasteiger partial charge in [-0.1, -0.05) is 95.9 Å². The summed E-state index contributed by atoms with van der Waals surface area (Å²) in [4.78, 5) is 11.0. The normalized spacial score (nSPS) is 12.5. The summed E-state index contributed by atoms with van der Waals surface area (Å²) in [5, 5.41) is 9.05. The van der Waals surface area contributed by atoms with Crippen molar-refractivity contribution in [1.29, 1.82) is 0 Å². The third-order valence-corrected chi connectivity index (χ3v) is 4.68. The van der Waals surface area contributed by atoms with Crippen LogP contribution < -0.4 is 0 Å². The number of hydrogen-bond acceptors (Lipinski definition) is 1. The number of aliphatic carboxylic acids is 1. The molecule has 0 rings (SSSR count). The number of unbranched alkanes of at least 4 members (excludes halogenated alkanes) is 10. The molecule has 0 bridgehead atoms. The van der Waals surface area contributed by atoms with Crippen LogP contribution in [-0.4, -0.2) is 11.1 Å². The largest absolute Gasteiger partial charge is 0.481 e. The zero-order valence-electron chi connectivity index (χ0n) is 16.0. The molecule has 0 aliphatic carbocycles. The zero-order valence-corrected chi connectivity index (χ0v) is 16.0. The lowest BCUT2D eigenvalue weighted by Gasteiger charge is -2.14. The predicted octanol–water partition coefficient (Wildman–Crippen LogP) is 7.30. The van der Waals surface area contributed by atoms with Crippen molar-refractivity contribution in [2.45, 2.75) is 103 Å². The number of carboxylic acids is 1. The van der Waals surface area contributed by atoms with Gasteiger partial charge < -0.3 is 5.11 Å². The molecule has 0 aromatic rings. The van der Waals surface area contributed by atoms with E-state index in [4.69, 9.17) is 5.11 Å². The van der Waals surface area contributed by atoms with Crippen LogP contribution in [0.1, 0.15) is 103 Å². The Morgan fingerprint density at radius 2 is 1.46 bits per heavy atom. The fourth-order valence-corrected chi connectivity index (χ4v) is 3.23. The summed E-state index contributed by atoms with van der Waals surface area (Å²) in [7, 11) is 0. The van der Waals surface area contributed by atoms with E-state index < -0.39 is 5.97 Å². The number of carboxylic acid groups (broad SMARTS) is 1. The summed E-state index contributed by atoms with van der Waals surface area (Å²) in [6.45, 7) is 5.88. The van der Waals surface area contributed by atoms with Crippen molar-refractivity contribution in [2.24, 2.45) is 5.92 Å². The average Bonchev–Trinajstić information content (AvgIpc) is 2.55. The summed E-state index contributed by atoms with van der Waals surface area (Å²) in [6, 6.07) is 0. The van der Waals surface area contributed by atoms with Gasteiger partial charge in [0.2, 0.25) is 0 Å². The number of carbonyl (C=O) groups is 1. The molecular weight excluding hydrogens is 296 g/mol. The van der Waals surface area contributed by atoms with Crippen molar-refractivity contribution < 1.29 is 9.90 Å². The molecule has 0 aromatic heterocycles. The third kappa shape index (κ3) is 17.3. The lowest BCUT2D eigenvalue weighted by molar-refractivity contribution is -0.138. The molecule has 0 saturated heterocycles. The molecule has 0 aliphatic heterocycles. The lowest BCUT2D eigenvalue weighted by atomic mass is 9.91. The van der Waals surface area contributed by atoms with Crippen molar-refractivity contribution in [3.05, 3.63) is 24.8 Å². The SMILES string of the molecule is C=C/C=C/CCCCCCCCCC(CCCCCC)CC(=O)O. The number of rotatable bonds is 18. The first-order valence-corrected chi connectivity index (χ1v) is 10.2. The molecule has 2 heteroatoms. The molecule has 0 saturated carbocycles. The smallest absolute Gasteiger partial charge is 0.303 e. The van der Waals surface area contributed by atoms with Gasteiger partial charge in [-0.05, 0) is 31.6 Å². The fraction of sp³-hybridized carbons (Fsp3) is 0.773. The van der Waals surface area contributed by atoms with Gasteiger partial charge in [0.25, 0.3) is 0 Å². The third-order valence-electron chi connectivity index (χ3n) is 4.68. The molecule has 0 radical (unpaired) electrons. The molecule has 0 aliphatic rings. The highest BCUT2D eigenvalue weighted by Crippen LogP contribution is 2.22. The summed E-state index contributed by atoms with van der Waals surface area (Å²) < 4.78 is 0. The first kappa shape index (κ1) is 22.9. The highest BCUT2D eigenvalue weighted by molar-refractivity contribution is 5.66. The van der Waals surface area contributed by atoms with Crippen LogP contribution in [0.5, 0.6) is 0 Å². The lowest BCUT2D eigenvalue weighted by Crippen LogP contribution is -2.08. The highest BCUT2D eigenvalue weighted by Gasteiger charge is 2.12. The van der Waals surface area contributed by atoms with Crippen LogP contribution in [0.15, 0.2) is 24.8 Å². The van der Waals surface area contributed by atoms with Gasteiger partial charge in [-0.2, -0.15) is 0 Å². The second kappa shape index (κ2) is 18.3. The maximum Gasteiger partial charge on any atom is 0.303 e. The van der Waals surface area contributed by atoms with Gasteiger partial charge in [-0.15, -0.1) is 0 Å². The Labute approximate surface area is 150 Å². The van der Waals surface area contributed by atoms with Crippen LogP contribution in [0, 0.1) is 5.92 Å². The van der Waals surface area contributed by atoms with E-state index >= 15 is 0 Å². The van der Waals surface area contributed by atoms with Crippen LogP contribution in [-0.2, 0) is 4.79 Å². The molecular formula is C22H40O2. The van der Waals surface area contributed by atoms with E-state index in [1.54, 1.807) is 0 Å². The summed E-state index contributed by atoms with van der Waals surface area (Å²) >= 11 is 0. The van der Waals surface area contributed by atoms with Crippen molar-refractivity contribution in [1.82, 2.24) is 0 Å². The van der Waals surface area contributed by atoms with E-state index in [9.17, 15) is 4.79 Å². The van der Waals surface area contributed by atoms with Crippen molar-refractivity contribution in [3.8, 4) is 0 Å². The first-order valence-electron chi connectivity index (χ1n) is 10.2. The van der Waals surface area contributed by atoms with Crippen LogP contribution in [0.4, 0.5) is 0 Å². The van der Waals surface area contributed by atoms with Crippen LogP contribution in [0.3, 0.4) is 0 Å². The van der Waals surface area contributed by atoms with Crippen molar-refractivity contribution in [3.63, 3.8) is 0 Å². The Balaban J connectivity index is 3.55. The van der Waals surface area contributed by atoms with Gasteiger partial charge in [0.05, 0.1) is 0 Å². The molecule has 0 fully saturated rings. The van der Waals surface area contributed by atoms with Crippen molar-refractivity contribution >= 4 is 5.97 Å². The van der Waals surface area contributed by atoms with E-state index in [0.717, 1.165) is 12.8 Å². The minimum Gasteiger partial charge on any atom is -0.481 e. The van der Waals surface area contributed by atoms with Crippen LogP contribution >= 0.6 is 0 Å². The Bertz CT molecular complexity index is 320. The second-order valence-electron chi connectivity index (χ2n) is 7.03. The first-order chi connectivity index (χ1) is 11.7. The second-order valence-corrected chi connectivity index (χ2v) is 7.03. The minimum atomic E-state index is -0.624. The molecule has 1 unspecified atom stereocenters. The van der Waals surface area contributed by atoms with E-state index in [2.05, 4.69) is 19.6 Å². The van der Waals surface area contributed by atoms with Gasteiger partial charge in [-0.3, -0.25) is 4.79 Å². The van der Waals surface area contributed by atoms with E-state index in [1.807, 2.05) is 12.2 Å². The Kier molecular flexibility index (Phi) is 17.5. The van der Waals surface area contributed by atoms with Gasteiger partial charge in [0.1, 0.15) is 0 Å². The van der Waals surface area contributed by atoms with Crippen LogP contribution in [0.25, 0.3) is 0 Å². The van der Waals surface area contributed by atoms with Crippen molar-refractivity contribution in [2.75, 3.05) is 0 Å². The fourth-order valence-electron chi connectivity index (χ4n) is 3.23. The quantitative estimate of drug-likeness (QED) is 0.210. The van der Waals surface area contributed by atoms with Crippen LogP contribution in [0.2, 0.25) is 0 Å². The molecule has 2 nitrogen and oxygen atoms in total. The Morgan fingerprint density at radius 3 is 2.00 bits per heavy atom. The maximum absolute atomic E-state index is 11.0. The molecule has 0 heterocycles. The van der Waals surface area contributed by atoms with E-state index in [-0.39, 0.29) is 0 Å².